The second kappa shape index (κ2) is 6.46. The van der Waals surface area contributed by atoms with E-state index >= 15 is 0 Å². The van der Waals surface area contributed by atoms with Crippen molar-refractivity contribution in [3.05, 3.63) is 29.3 Å². The van der Waals surface area contributed by atoms with Gasteiger partial charge in [-0.15, -0.1) is 0 Å². The number of carbonyl (C=O) groups excluding carboxylic acids is 4. The van der Waals surface area contributed by atoms with Crippen molar-refractivity contribution in [2.45, 2.75) is 6.42 Å². The highest BCUT2D eigenvalue weighted by Gasteiger charge is 2.17. The van der Waals surface area contributed by atoms with E-state index in [-0.39, 0.29) is 24.0 Å². The predicted molar refractivity (Wildman–Crippen MR) is 72.4 cm³/mol. The molecule has 7 nitrogen and oxygen atoms in total. The Morgan fingerprint density at radius 2 is 1.95 bits per heavy atom. The van der Waals surface area contributed by atoms with Gasteiger partial charge in [0.2, 0.25) is 0 Å². The summed E-state index contributed by atoms with van der Waals surface area (Å²) >= 11 is 0. The summed E-state index contributed by atoms with van der Waals surface area (Å²) in [6.45, 7) is 0. The molecule has 0 aliphatic rings. The van der Waals surface area contributed by atoms with E-state index in [9.17, 15) is 19.2 Å². The second-order valence-corrected chi connectivity index (χ2v) is 4.29. The van der Waals surface area contributed by atoms with Gasteiger partial charge in [-0.1, -0.05) is 12.1 Å². The van der Waals surface area contributed by atoms with Crippen LogP contribution in [-0.2, 0) is 16.0 Å². The number of Topliss-reactive ketones (excluding diaryl/α,β-unsaturated/α-hetero) is 1. The van der Waals surface area contributed by atoms with Crippen LogP contribution in [0.15, 0.2) is 18.2 Å². The zero-order chi connectivity index (χ0) is 15.3. The van der Waals surface area contributed by atoms with Crippen molar-refractivity contribution >= 4 is 29.7 Å². The fourth-order valence-corrected chi connectivity index (χ4v) is 1.55. The standard InChI is InChI=1S/C13H15N3O4/c1-16(2)13(20)15-11-8(6-9(18)7-17)4-3-5-10(11)12(14)19/h3-5,7H,6H2,1-2H3,(H2,14,19)(H,15,20). The average molecular weight is 277 g/mol. The Hall–Kier alpha value is -2.70. The van der Waals surface area contributed by atoms with Crippen LogP contribution >= 0.6 is 0 Å². The number of nitrogens with zero attached hydrogens (tertiary/aromatic N) is 1. The van der Waals surface area contributed by atoms with Gasteiger partial charge >= 0.3 is 6.03 Å². The van der Waals surface area contributed by atoms with E-state index in [4.69, 9.17) is 5.73 Å². The molecule has 0 unspecified atom stereocenters. The Balaban J connectivity index is 3.25. The average Bonchev–Trinajstić information content (AvgIpc) is 2.39. The molecule has 106 valence electrons. The van der Waals surface area contributed by atoms with Gasteiger partial charge in [0.25, 0.3) is 5.91 Å². The van der Waals surface area contributed by atoms with Crippen molar-refractivity contribution in [2.75, 3.05) is 19.4 Å². The Morgan fingerprint density at radius 3 is 2.45 bits per heavy atom. The molecule has 1 aromatic carbocycles. The van der Waals surface area contributed by atoms with E-state index in [0.717, 1.165) is 0 Å². The molecule has 0 radical (unpaired) electrons. The van der Waals surface area contributed by atoms with E-state index in [1.54, 1.807) is 6.07 Å². The highest BCUT2D eigenvalue weighted by Crippen LogP contribution is 2.22. The SMILES string of the molecule is CN(C)C(=O)Nc1c(CC(=O)C=O)cccc1C(N)=O. The van der Waals surface area contributed by atoms with Gasteiger partial charge in [-0.25, -0.2) is 4.79 Å². The summed E-state index contributed by atoms with van der Waals surface area (Å²) in [6.07, 6.45) is -0.0256. The third-order valence-electron chi connectivity index (χ3n) is 2.55. The number of anilines is 1. The van der Waals surface area contributed by atoms with Crippen LogP contribution < -0.4 is 11.1 Å². The smallest absolute Gasteiger partial charge is 0.321 e. The molecular formula is C13H15N3O4. The minimum absolute atomic E-state index is 0.0800. The normalized spacial score (nSPS) is 9.70. The van der Waals surface area contributed by atoms with E-state index in [1.165, 1.54) is 31.1 Å². The van der Waals surface area contributed by atoms with Crippen LogP contribution in [0, 0.1) is 0 Å². The number of carbonyl (C=O) groups is 4. The summed E-state index contributed by atoms with van der Waals surface area (Å²) in [5.74, 6) is -1.40. The van der Waals surface area contributed by atoms with Gasteiger partial charge in [0, 0.05) is 20.5 Å². The Labute approximate surface area is 115 Å². The molecule has 1 rings (SSSR count). The van der Waals surface area contributed by atoms with E-state index in [2.05, 4.69) is 5.32 Å². The topological polar surface area (TPSA) is 110 Å². The van der Waals surface area contributed by atoms with Crippen LogP contribution in [0.3, 0.4) is 0 Å². The largest absolute Gasteiger partial charge is 0.366 e. The molecular weight excluding hydrogens is 262 g/mol. The lowest BCUT2D eigenvalue weighted by molar-refractivity contribution is -0.129. The van der Waals surface area contributed by atoms with Crippen LogP contribution in [0.25, 0.3) is 0 Å². The fraction of sp³-hybridized carbons (Fsp3) is 0.231. The minimum Gasteiger partial charge on any atom is -0.366 e. The van der Waals surface area contributed by atoms with Gasteiger partial charge in [-0.05, 0) is 11.6 Å². The molecule has 0 aliphatic heterocycles. The number of urea groups is 1. The number of primary amides is 1. The maximum Gasteiger partial charge on any atom is 0.321 e. The summed E-state index contributed by atoms with van der Waals surface area (Å²) < 4.78 is 0. The minimum atomic E-state index is -0.737. The highest BCUT2D eigenvalue weighted by molar-refractivity contribution is 6.26. The fourth-order valence-electron chi connectivity index (χ4n) is 1.55. The number of ketones is 1. The highest BCUT2D eigenvalue weighted by atomic mass is 16.2. The quantitative estimate of drug-likeness (QED) is 0.591. The van der Waals surface area contributed by atoms with Gasteiger partial charge in [-0.3, -0.25) is 14.4 Å². The van der Waals surface area contributed by atoms with Gasteiger partial charge in [0.1, 0.15) is 0 Å². The molecule has 3 N–H and O–H groups in total. The van der Waals surface area contributed by atoms with Crippen molar-refractivity contribution in [1.29, 1.82) is 0 Å². The number of amides is 3. The maximum atomic E-state index is 11.7. The third kappa shape index (κ3) is 3.64. The number of nitrogens with one attached hydrogen (secondary N) is 1. The molecule has 1 aromatic rings. The van der Waals surface area contributed by atoms with E-state index in [1.807, 2.05) is 0 Å². The molecule has 0 bridgehead atoms. The van der Waals surface area contributed by atoms with Gasteiger partial charge in [0.05, 0.1) is 11.3 Å². The predicted octanol–water partition coefficient (Wildman–Crippen LogP) is 0.190. The van der Waals surface area contributed by atoms with E-state index in [0.29, 0.717) is 5.56 Å². The molecule has 0 saturated heterocycles. The first-order valence-electron chi connectivity index (χ1n) is 5.74. The third-order valence-corrected chi connectivity index (χ3v) is 2.55. The van der Waals surface area contributed by atoms with Gasteiger partial charge in [0.15, 0.2) is 12.1 Å². The first kappa shape index (κ1) is 15.4. The first-order chi connectivity index (χ1) is 9.36. The van der Waals surface area contributed by atoms with Crippen molar-refractivity contribution < 1.29 is 19.2 Å². The first-order valence-corrected chi connectivity index (χ1v) is 5.74. The van der Waals surface area contributed by atoms with Crippen molar-refractivity contribution in [3.8, 4) is 0 Å². The monoisotopic (exact) mass is 277 g/mol. The Kier molecular flexibility index (Phi) is 4.96. The van der Waals surface area contributed by atoms with E-state index < -0.39 is 17.7 Å². The van der Waals surface area contributed by atoms with Crippen LogP contribution in [0.1, 0.15) is 15.9 Å². The number of aldehydes is 1. The maximum absolute atomic E-state index is 11.7. The summed E-state index contributed by atoms with van der Waals surface area (Å²) in [7, 11) is 3.05. The molecule has 0 saturated carbocycles. The molecule has 0 fully saturated rings. The zero-order valence-electron chi connectivity index (χ0n) is 11.2. The molecule has 7 heteroatoms. The zero-order valence-corrected chi connectivity index (χ0v) is 11.2. The number of hydrogen-bond donors (Lipinski definition) is 2. The Morgan fingerprint density at radius 1 is 1.30 bits per heavy atom. The molecule has 0 aliphatic carbocycles. The van der Waals surface area contributed by atoms with Crippen LogP contribution in [0.5, 0.6) is 0 Å². The number of hydrogen-bond acceptors (Lipinski definition) is 4. The van der Waals surface area contributed by atoms with Crippen molar-refractivity contribution in [1.82, 2.24) is 4.90 Å². The summed E-state index contributed by atoms with van der Waals surface area (Å²) in [4.78, 5) is 46.0. The number of benzene rings is 1. The van der Waals surface area contributed by atoms with Crippen molar-refractivity contribution in [3.63, 3.8) is 0 Å². The summed E-state index contributed by atoms with van der Waals surface area (Å²) in [5, 5.41) is 2.51. The molecule has 0 atom stereocenters. The molecule has 20 heavy (non-hydrogen) atoms. The molecule has 0 spiro atoms. The summed E-state index contributed by atoms with van der Waals surface area (Å²) in [5.41, 5.74) is 5.82. The Bertz CT molecular complexity index is 567. The molecule has 0 aromatic heterocycles. The van der Waals surface area contributed by atoms with Crippen LogP contribution in [0.2, 0.25) is 0 Å². The molecule has 0 heterocycles. The lowest BCUT2D eigenvalue weighted by atomic mass is 10.0. The number of nitrogens with two attached hydrogens (primary N) is 1. The number of para-hydroxylation sites is 1. The molecule has 3 amide bonds. The van der Waals surface area contributed by atoms with Crippen LogP contribution in [-0.4, -0.2) is 43.0 Å². The van der Waals surface area contributed by atoms with Gasteiger partial charge in [-0.2, -0.15) is 0 Å². The van der Waals surface area contributed by atoms with Crippen molar-refractivity contribution in [2.24, 2.45) is 5.73 Å². The number of rotatable bonds is 5. The van der Waals surface area contributed by atoms with Crippen LogP contribution in [0.4, 0.5) is 10.5 Å². The lowest BCUT2D eigenvalue weighted by Crippen LogP contribution is -2.29. The lowest BCUT2D eigenvalue weighted by Gasteiger charge is -2.16. The second-order valence-electron chi connectivity index (χ2n) is 4.29. The van der Waals surface area contributed by atoms with Gasteiger partial charge < -0.3 is 16.0 Å². The summed E-state index contributed by atoms with van der Waals surface area (Å²) in [6, 6.07) is 4.03.